The van der Waals surface area contributed by atoms with Gasteiger partial charge in [-0.15, -0.1) is 0 Å². The van der Waals surface area contributed by atoms with Gasteiger partial charge in [-0.25, -0.2) is 0 Å². The van der Waals surface area contributed by atoms with Crippen LogP contribution in [0.3, 0.4) is 0 Å². The van der Waals surface area contributed by atoms with Gasteiger partial charge in [-0.1, -0.05) is 31.5 Å². The molecule has 1 aromatic carbocycles. The van der Waals surface area contributed by atoms with Crippen molar-refractivity contribution in [3.63, 3.8) is 0 Å². The van der Waals surface area contributed by atoms with Crippen LogP contribution >= 0.6 is 11.6 Å². The average molecular weight is 498 g/mol. The van der Waals surface area contributed by atoms with Gasteiger partial charge in [0, 0.05) is 5.92 Å². The molecule has 0 unspecified atom stereocenters. The van der Waals surface area contributed by atoms with Crippen LogP contribution in [0.25, 0.3) is 11.0 Å². The van der Waals surface area contributed by atoms with Crippen molar-refractivity contribution in [1.82, 2.24) is 15.0 Å². The van der Waals surface area contributed by atoms with Gasteiger partial charge in [0.05, 0.1) is 10.6 Å². The maximum atomic E-state index is 13.7. The molecule has 0 aliphatic heterocycles. The molecule has 1 heterocycles. The van der Waals surface area contributed by atoms with Gasteiger partial charge < -0.3 is 5.11 Å². The number of aromatic nitrogens is 3. The Balaban J connectivity index is 1.22. The van der Waals surface area contributed by atoms with Crippen molar-refractivity contribution in [1.29, 1.82) is 0 Å². The number of nitrogens with zero attached hydrogens (tertiary/aromatic N) is 3. The number of fused-ring (bicyclic) bond motifs is 6. The molecule has 0 saturated heterocycles. The molecule has 4 aliphatic rings. The van der Waals surface area contributed by atoms with E-state index in [4.69, 9.17) is 11.6 Å². The number of ketones is 1. The van der Waals surface area contributed by atoms with E-state index in [1.807, 2.05) is 18.2 Å². The minimum atomic E-state index is -0.486. The lowest BCUT2D eigenvalue weighted by Gasteiger charge is -2.63. The fraction of sp³-hybridized carbons (Fsp3) is 0.759. The molecular formula is C29H40ClN3O2. The zero-order valence-electron chi connectivity index (χ0n) is 21.5. The Kier molecular flexibility index (Phi) is 5.65. The Hall–Kier alpha value is -1.46. The summed E-state index contributed by atoms with van der Waals surface area (Å²) >= 11 is 6.28. The first kappa shape index (κ1) is 23.9. The molecule has 5 nitrogen and oxygen atoms in total. The number of halogens is 1. The van der Waals surface area contributed by atoms with E-state index in [9.17, 15) is 9.90 Å². The highest BCUT2D eigenvalue weighted by atomic mass is 35.5. The maximum Gasteiger partial charge on any atom is 0.159 e. The second-order valence-corrected chi connectivity index (χ2v) is 13.3. The summed E-state index contributed by atoms with van der Waals surface area (Å²) < 4.78 is 0. The molecule has 0 radical (unpaired) electrons. The van der Waals surface area contributed by atoms with Crippen molar-refractivity contribution in [2.24, 2.45) is 40.4 Å². The minimum Gasteiger partial charge on any atom is -0.390 e. The standard InChI is InChI=1S/C29H40ClN3O2/c1-4-29-15-14-27(2,35)16-18(29)8-9-19-20-10-11-22(28(20,3)13-12-21(19)29)25(34)17-33-31-24-7-5-6-23(30)26(24)32-33/h5-7,18-22,35H,4,8-17H2,1-3H3/t18-,19-,20-,21-,22+,27+,28-,29-/m0/s1. The number of benzene rings is 1. The predicted molar refractivity (Wildman–Crippen MR) is 138 cm³/mol. The van der Waals surface area contributed by atoms with Gasteiger partial charge in [-0.05, 0) is 118 Å². The fourth-order valence-corrected chi connectivity index (χ4v) is 9.95. The number of hydrogen-bond donors (Lipinski definition) is 1. The molecule has 1 N–H and O–H groups in total. The number of hydrogen-bond acceptors (Lipinski definition) is 4. The van der Waals surface area contributed by atoms with Crippen LogP contribution < -0.4 is 0 Å². The lowest BCUT2D eigenvalue weighted by Crippen LogP contribution is -2.56. The van der Waals surface area contributed by atoms with Crippen LogP contribution in [0.1, 0.15) is 85.0 Å². The van der Waals surface area contributed by atoms with Crippen molar-refractivity contribution >= 4 is 28.4 Å². The van der Waals surface area contributed by atoms with Gasteiger partial charge in [0.2, 0.25) is 0 Å². The largest absolute Gasteiger partial charge is 0.390 e. The predicted octanol–water partition coefficient (Wildman–Crippen LogP) is 6.45. The molecule has 6 heteroatoms. The summed E-state index contributed by atoms with van der Waals surface area (Å²) in [6, 6.07) is 5.59. The van der Waals surface area contributed by atoms with Gasteiger partial charge in [-0.3, -0.25) is 4.79 Å². The molecule has 6 rings (SSSR count). The highest BCUT2D eigenvalue weighted by molar-refractivity contribution is 6.34. The lowest BCUT2D eigenvalue weighted by molar-refractivity contribution is -0.158. The molecule has 4 saturated carbocycles. The number of rotatable bonds is 4. The number of aliphatic hydroxyl groups is 1. The van der Waals surface area contributed by atoms with E-state index in [0.717, 1.165) is 43.0 Å². The number of carbonyl (C=O) groups excluding carboxylic acids is 1. The summed E-state index contributed by atoms with van der Waals surface area (Å²) in [4.78, 5) is 15.2. The molecule has 190 valence electrons. The monoisotopic (exact) mass is 497 g/mol. The van der Waals surface area contributed by atoms with Crippen molar-refractivity contribution in [3.05, 3.63) is 23.2 Å². The summed E-state index contributed by atoms with van der Waals surface area (Å²) in [5, 5.41) is 20.5. The summed E-state index contributed by atoms with van der Waals surface area (Å²) in [6.07, 6.45) is 11.4. The van der Waals surface area contributed by atoms with Gasteiger partial charge in [0.15, 0.2) is 5.78 Å². The quantitative estimate of drug-likeness (QED) is 0.526. The van der Waals surface area contributed by atoms with Crippen LogP contribution in [0.4, 0.5) is 0 Å². The van der Waals surface area contributed by atoms with Crippen molar-refractivity contribution in [2.75, 3.05) is 0 Å². The number of carbonyl (C=O) groups is 1. The van der Waals surface area contributed by atoms with Crippen molar-refractivity contribution < 1.29 is 9.90 Å². The fourth-order valence-electron chi connectivity index (χ4n) is 9.74. The minimum absolute atomic E-state index is 0.0877. The molecule has 0 bridgehead atoms. The Morgan fingerprint density at radius 3 is 2.69 bits per heavy atom. The van der Waals surface area contributed by atoms with Crippen LogP contribution in [0.5, 0.6) is 0 Å². The summed E-state index contributed by atoms with van der Waals surface area (Å²) in [6.45, 7) is 7.11. The summed E-state index contributed by atoms with van der Waals surface area (Å²) in [7, 11) is 0. The lowest BCUT2D eigenvalue weighted by atomic mass is 9.42. The maximum absolute atomic E-state index is 13.7. The molecule has 1 aromatic heterocycles. The van der Waals surface area contributed by atoms with E-state index in [1.54, 1.807) is 4.80 Å². The van der Waals surface area contributed by atoms with E-state index in [0.29, 0.717) is 27.8 Å². The van der Waals surface area contributed by atoms with Gasteiger partial charge in [0.25, 0.3) is 0 Å². The molecule has 35 heavy (non-hydrogen) atoms. The molecule has 4 fully saturated rings. The topological polar surface area (TPSA) is 68.0 Å². The Morgan fingerprint density at radius 2 is 1.91 bits per heavy atom. The molecule has 0 amide bonds. The van der Waals surface area contributed by atoms with Crippen molar-refractivity contribution in [3.8, 4) is 0 Å². The van der Waals surface area contributed by atoms with Crippen LogP contribution in [0.15, 0.2) is 18.2 Å². The third-order valence-corrected chi connectivity index (χ3v) is 11.7. The average Bonchev–Trinajstić information content (AvgIpc) is 3.39. The SMILES string of the molecule is CC[C@]12CC[C@@](C)(O)C[C@@H]1CC[C@H]1[C@@H]3CC[C@H](C(=O)Cn4nc5cccc(Cl)c5n4)[C@@]3(C)CC[C@@H]12. The van der Waals surface area contributed by atoms with E-state index < -0.39 is 5.60 Å². The molecule has 0 spiro atoms. The van der Waals surface area contributed by atoms with Crippen LogP contribution in [0, 0.1) is 40.4 Å². The third-order valence-electron chi connectivity index (χ3n) is 11.4. The Morgan fingerprint density at radius 1 is 1.09 bits per heavy atom. The third kappa shape index (κ3) is 3.62. The van der Waals surface area contributed by atoms with Gasteiger partial charge in [0.1, 0.15) is 17.6 Å². The molecule has 2 aromatic rings. The van der Waals surface area contributed by atoms with E-state index in [-0.39, 0.29) is 23.7 Å². The first-order valence-corrected chi connectivity index (χ1v) is 14.3. The molecule has 4 aliphatic carbocycles. The van der Waals surface area contributed by atoms with Crippen LogP contribution in [-0.4, -0.2) is 31.5 Å². The van der Waals surface area contributed by atoms with Crippen molar-refractivity contribution in [2.45, 2.75) is 97.1 Å². The van der Waals surface area contributed by atoms with E-state index in [2.05, 4.69) is 31.0 Å². The van der Waals surface area contributed by atoms with Crippen LogP contribution in [0.2, 0.25) is 5.02 Å². The van der Waals surface area contributed by atoms with E-state index in [1.165, 1.54) is 38.5 Å². The Labute approximate surface area is 214 Å². The Bertz CT molecular complexity index is 1140. The zero-order valence-corrected chi connectivity index (χ0v) is 22.2. The van der Waals surface area contributed by atoms with Gasteiger partial charge >= 0.3 is 0 Å². The summed E-state index contributed by atoms with van der Waals surface area (Å²) in [5.74, 6) is 3.18. The van der Waals surface area contributed by atoms with E-state index >= 15 is 0 Å². The highest BCUT2D eigenvalue weighted by Crippen LogP contribution is 2.69. The zero-order chi connectivity index (χ0) is 24.6. The molecule has 8 atom stereocenters. The normalized spacial score (nSPS) is 42.9. The summed E-state index contributed by atoms with van der Waals surface area (Å²) in [5.41, 5.74) is 1.41. The number of Topliss-reactive ketones (excluding diaryl/α,β-unsaturated/α-hetero) is 1. The molecular weight excluding hydrogens is 458 g/mol. The van der Waals surface area contributed by atoms with Gasteiger partial charge in [-0.2, -0.15) is 15.0 Å². The highest BCUT2D eigenvalue weighted by Gasteiger charge is 2.62. The van der Waals surface area contributed by atoms with Crippen LogP contribution in [-0.2, 0) is 11.3 Å². The second kappa shape index (κ2) is 8.28. The smallest absolute Gasteiger partial charge is 0.159 e. The second-order valence-electron chi connectivity index (χ2n) is 12.9. The first-order valence-electron chi connectivity index (χ1n) is 13.9. The first-order chi connectivity index (χ1) is 16.7.